The molecule has 0 bridgehead atoms. The van der Waals surface area contributed by atoms with Crippen LogP contribution in [0.25, 0.3) is 16.6 Å². The number of thiophene rings is 1. The number of rotatable bonds is 6. The molecule has 0 aliphatic carbocycles. The zero-order valence-corrected chi connectivity index (χ0v) is 18.1. The topological polar surface area (TPSA) is 111 Å². The lowest BCUT2D eigenvalue weighted by Crippen LogP contribution is -2.34. The van der Waals surface area contributed by atoms with E-state index in [9.17, 15) is 28.3 Å². The van der Waals surface area contributed by atoms with Gasteiger partial charge in [0.05, 0.1) is 29.3 Å². The molecule has 0 aliphatic heterocycles. The molecular formula is C22H16F2N2O6S. The van der Waals surface area contributed by atoms with Crippen LogP contribution in [0.2, 0.25) is 0 Å². The Hall–Kier alpha value is -3.99. The van der Waals surface area contributed by atoms with E-state index in [1.165, 1.54) is 24.6 Å². The molecule has 0 spiro atoms. The Morgan fingerprint density at radius 2 is 1.94 bits per heavy atom. The Morgan fingerprint density at radius 3 is 2.64 bits per heavy atom. The number of aromatic carboxylic acids is 1. The zero-order chi connectivity index (χ0) is 23.9. The van der Waals surface area contributed by atoms with Gasteiger partial charge in [-0.05, 0) is 30.7 Å². The lowest BCUT2D eigenvalue weighted by molar-refractivity contribution is 0.0704. The summed E-state index contributed by atoms with van der Waals surface area (Å²) in [6.45, 7) is 1.28. The fraction of sp³-hybridized carbons (Fsp3) is 0.136. The van der Waals surface area contributed by atoms with Crippen molar-refractivity contribution in [3.05, 3.63) is 84.2 Å². The number of ether oxygens (including phenoxy) is 2. The SMILES string of the molecule is COc1cccc(F)c1COc1cc(-n2c(=O)[nH]c3csc(C(=O)O)c3c2=O)c(F)cc1C. The quantitative estimate of drug-likeness (QED) is 0.442. The van der Waals surface area contributed by atoms with Crippen LogP contribution < -0.4 is 20.7 Å². The lowest BCUT2D eigenvalue weighted by Gasteiger charge is -2.15. The van der Waals surface area contributed by atoms with Gasteiger partial charge in [-0.1, -0.05) is 6.07 Å². The first-order chi connectivity index (χ1) is 15.7. The van der Waals surface area contributed by atoms with Crippen LogP contribution in [-0.2, 0) is 6.61 Å². The minimum absolute atomic E-state index is 0.0410. The third-order valence-corrected chi connectivity index (χ3v) is 5.97. The highest BCUT2D eigenvalue weighted by Gasteiger charge is 2.21. The van der Waals surface area contributed by atoms with E-state index in [2.05, 4.69) is 4.98 Å². The normalized spacial score (nSPS) is 11.0. The number of hydrogen-bond donors (Lipinski definition) is 2. The number of hydrogen-bond acceptors (Lipinski definition) is 6. The molecule has 33 heavy (non-hydrogen) atoms. The second-order valence-corrected chi connectivity index (χ2v) is 7.89. The molecular weight excluding hydrogens is 458 g/mol. The van der Waals surface area contributed by atoms with Crippen molar-refractivity contribution in [2.75, 3.05) is 7.11 Å². The van der Waals surface area contributed by atoms with Crippen LogP contribution in [-0.4, -0.2) is 27.7 Å². The maximum Gasteiger partial charge on any atom is 0.346 e. The average molecular weight is 474 g/mol. The molecule has 0 atom stereocenters. The van der Waals surface area contributed by atoms with Crippen LogP contribution >= 0.6 is 11.3 Å². The summed E-state index contributed by atoms with van der Waals surface area (Å²) < 4.78 is 40.4. The largest absolute Gasteiger partial charge is 0.496 e. The second kappa shape index (κ2) is 8.51. The number of carbonyl (C=O) groups is 1. The molecule has 0 fully saturated rings. The Labute approximate surface area is 188 Å². The van der Waals surface area contributed by atoms with Crippen molar-refractivity contribution in [3.8, 4) is 17.2 Å². The summed E-state index contributed by atoms with van der Waals surface area (Å²) in [6.07, 6.45) is 0. The molecule has 2 aromatic carbocycles. The standard InChI is InChI=1S/C22H16F2N2O6S/c1-10-6-13(24)15(7-17(10)32-8-11-12(23)4-3-5-16(11)31-2)26-20(27)18-14(25-22(26)30)9-33-19(18)21(28)29/h3-7,9H,8H2,1-2H3,(H,25,30)(H,28,29). The van der Waals surface area contributed by atoms with Crippen LogP contribution in [0.5, 0.6) is 11.5 Å². The average Bonchev–Trinajstić information content (AvgIpc) is 3.19. The molecule has 0 radical (unpaired) electrons. The predicted octanol–water partition coefficient (Wildman–Crippen LogP) is 3.61. The highest BCUT2D eigenvalue weighted by Crippen LogP contribution is 2.28. The van der Waals surface area contributed by atoms with Crippen LogP contribution in [0, 0.1) is 18.6 Å². The summed E-state index contributed by atoms with van der Waals surface area (Å²) >= 11 is 0.769. The number of nitrogens with one attached hydrogen (secondary N) is 1. The summed E-state index contributed by atoms with van der Waals surface area (Å²) in [7, 11) is 1.38. The minimum atomic E-state index is -1.35. The van der Waals surface area contributed by atoms with E-state index in [0.29, 0.717) is 10.1 Å². The molecule has 4 rings (SSSR count). The van der Waals surface area contributed by atoms with E-state index in [0.717, 1.165) is 23.5 Å². The number of aromatic nitrogens is 2. The number of nitrogens with zero attached hydrogens (tertiary/aromatic N) is 1. The second-order valence-electron chi connectivity index (χ2n) is 7.01. The van der Waals surface area contributed by atoms with Gasteiger partial charge < -0.3 is 19.6 Å². The first-order valence-electron chi connectivity index (χ1n) is 9.47. The van der Waals surface area contributed by atoms with E-state index in [4.69, 9.17) is 9.47 Å². The Kier molecular flexibility index (Phi) is 5.73. The number of halogens is 2. The fourth-order valence-corrected chi connectivity index (χ4v) is 4.23. The summed E-state index contributed by atoms with van der Waals surface area (Å²) in [5.41, 5.74) is -1.88. The van der Waals surface area contributed by atoms with E-state index in [1.54, 1.807) is 13.0 Å². The number of H-pyrrole nitrogens is 1. The van der Waals surface area contributed by atoms with Gasteiger partial charge in [0.2, 0.25) is 0 Å². The molecule has 2 N–H and O–H groups in total. The van der Waals surface area contributed by atoms with E-state index >= 15 is 0 Å². The van der Waals surface area contributed by atoms with Gasteiger partial charge in [0, 0.05) is 11.4 Å². The third-order valence-electron chi connectivity index (χ3n) is 5.00. The van der Waals surface area contributed by atoms with Crippen molar-refractivity contribution in [3.63, 3.8) is 0 Å². The zero-order valence-electron chi connectivity index (χ0n) is 17.3. The fourth-order valence-electron chi connectivity index (χ4n) is 3.40. The Balaban J connectivity index is 1.83. The number of carboxylic acids is 1. The van der Waals surface area contributed by atoms with E-state index in [1.807, 2.05) is 0 Å². The van der Waals surface area contributed by atoms with Crippen molar-refractivity contribution in [1.82, 2.24) is 9.55 Å². The van der Waals surface area contributed by atoms with Crippen molar-refractivity contribution >= 4 is 28.2 Å². The van der Waals surface area contributed by atoms with Crippen molar-refractivity contribution in [2.24, 2.45) is 0 Å². The number of carboxylic acid groups (broad SMARTS) is 1. The molecule has 0 saturated heterocycles. The Morgan fingerprint density at radius 1 is 1.18 bits per heavy atom. The maximum absolute atomic E-state index is 14.8. The van der Waals surface area contributed by atoms with Gasteiger partial charge in [0.1, 0.15) is 34.6 Å². The van der Waals surface area contributed by atoms with Crippen molar-refractivity contribution in [1.29, 1.82) is 0 Å². The van der Waals surface area contributed by atoms with Crippen molar-refractivity contribution < 1.29 is 28.2 Å². The first-order valence-corrected chi connectivity index (χ1v) is 10.4. The summed E-state index contributed by atoms with van der Waals surface area (Å²) in [5, 5.41) is 10.4. The van der Waals surface area contributed by atoms with Gasteiger partial charge in [0.25, 0.3) is 5.56 Å². The van der Waals surface area contributed by atoms with E-state index < -0.39 is 34.5 Å². The molecule has 2 aromatic heterocycles. The number of benzene rings is 2. The van der Waals surface area contributed by atoms with Crippen LogP contribution in [0.3, 0.4) is 0 Å². The molecule has 11 heteroatoms. The molecule has 4 aromatic rings. The molecule has 0 amide bonds. The summed E-state index contributed by atoms with van der Waals surface area (Å²) in [5.74, 6) is -2.47. The monoisotopic (exact) mass is 474 g/mol. The number of methoxy groups -OCH3 is 1. The van der Waals surface area contributed by atoms with Crippen LogP contribution in [0.1, 0.15) is 20.8 Å². The van der Waals surface area contributed by atoms with Gasteiger partial charge in [-0.15, -0.1) is 11.3 Å². The third kappa shape index (κ3) is 3.87. The van der Waals surface area contributed by atoms with Gasteiger partial charge in [-0.3, -0.25) is 4.79 Å². The van der Waals surface area contributed by atoms with Gasteiger partial charge in [-0.25, -0.2) is 22.9 Å². The molecule has 0 unspecified atom stereocenters. The Bertz CT molecular complexity index is 1520. The molecule has 8 nitrogen and oxygen atoms in total. The molecule has 0 saturated carbocycles. The van der Waals surface area contributed by atoms with Crippen molar-refractivity contribution in [2.45, 2.75) is 13.5 Å². The number of fused-ring (bicyclic) bond motifs is 1. The summed E-state index contributed by atoms with van der Waals surface area (Å²) in [6, 6.07) is 6.46. The summed E-state index contributed by atoms with van der Waals surface area (Å²) in [4.78, 5) is 39.2. The smallest absolute Gasteiger partial charge is 0.346 e. The van der Waals surface area contributed by atoms with Crippen LogP contribution in [0.15, 0.2) is 45.3 Å². The van der Waals surface area contributed by atoms with Gasteiger partial charge in [0.15, 0.2) is 0 Å². The molecule has 0 aliphatic rings. The molecule has 170 valence electrons. The molecule has 2 heterocycles. The van der Waals surface area contributed by atoms with E-state index in [-0.39, 0.29) is 39.4 Å². The minimum Gasteiger partial charge on any atom is -0.496 e. The maximum atomic E-state index is 14.8. The predicted molar refractivity (Wildman–Crippen MR) is 117 cm³/mol. The first kappa shape index (κ1) is 22.2. The van der Waals surface area contributed by atoms with Crippen LogP contribution in [0.4, 0.5) is 8.78 Å². The highest BCUT2D eigenvalue weighted by atomic mass is 32.1. The van der Waals surface area contributed by atoms with Gasteiger partial charge in [-0.2, -0.15) is 0 Å². The number of aryl methyl sites for hydroxylation is 1. The highest BCUT2D eigenvalue weighted by molar-refractivity contribution is 7.13. The van der Waals surface area contributed by atoms with Gasteiger partial charge >= 0.3 is 11.7 Å². The lowest BCUT2D eigenvalue weighted by atomic mass is 10.1. The number of aromatic amines is 1.